The Balaban J connectivity index is 3.51. The van der Waals surface area contributed by atoms with Gasteiger partial charge in [-0.15, -0.1) is 0 Å². The summed E-state index contributed by atoms with van der Waals surface area (Å²) in [6.07, 6.45) is -1.41. The van der Waals surface area contributed by atoms with E-state index in [0.717, 1.165) is 5.56 Å². The van der Waals surface area contributed by atoms with Crippen LogP contribution in [0.25, 0.3) is 0 Å². The van der Waals surface area contributed by atoms with Gasteiger partial charge in [0, 0.05) is 5.56 Å². The lowest BCUT2D eigenvalue weighted by Gasteiger charge is -2.20. The molecule has 0 fully saturated rings. The summed E-state index contributed by atoms with van der Waals surface area (Å²) in [4.78, 5) is 0. The Labute approximate surface area is 89.5 Å². The Morgan fingerprint density at radius 2 is 1.60 bits per heavy atom. The van der Waals surface area contributed by atoms with E-state index < -0.39 is 12.2 Å². The van der Waals surface area contributed by atoms with Crippen LogP contribution in [-0.2, 0) is 0 Å². The van der Waals surface area contributed by atoms with E-state index in [1.807, 2.05) is 6.92 Å². The highest BCUT2D eigenvalue weighted by Crippen LogP contribution is 2.35. The summed E-state index contributed by atoms with van der Waals surface area (Å²) in [5.41, 5.74) is 14.4. The Kier molecular flexibility index (Phi) is 3.21. The lowest BCUT2D eigenvalue weighted by Crippen LogP contribution is -2.10. The van der Waals surface area contributed by atoms with Crippen molar-refractivity contribution in [3.63, 3.8) is 0 Å². The van der Waals surface area contributed by atoms with Crippen molar-refractivity contribution in [2.45, 2.75) is 33.0 Å². The molecular weight excluding hydrogens is 192 g/mol. The second kappa shape index (κ2) is 4.08. The summed E-state index contributed by atoms with van der Waals surface area (Å²) in [5, 5.41) is 19.2. The van der Waals surface area contributed by atoms with Gasteiger partial charge in [-0.05, 0) is 31.9 Å². The van der Waals surface area contributed by atoms with Crippen molar-refractivity contribution in [2.75, 3.05) is 11.5 Å². The Hall–Kier alpha value is -1.26. The monoisotopic (exact) mass is 210 g/mol. The third kappa shape index (κ3) is 2.06. The first-order chi connectivity index (χ1) is 6.86. The minimum Gasteiger partial charge on any atom is -0.397 e. The molecule has 0 saturated carbocycles. The van der Waals surface area contributed by atoms with Crippen LogP contribution in [0.1, 0.15) is 42.7 Å². The zero-order valence-corrected chi connectivity index (χ0v) is 9.28. The number of anilines is 2. The fourth-order valence-corrected chi connectivity index (χ4v) is 1.71. The van der Waals surface area contributed by atoms with Gasteiger partial charge < -0.3 is 21.7 Å². The van der Waals surface area contributed by atoms with E-state index in [2.05, 4.69) is 0 Å². The fraction of sp³-hybridized carbons (Fsp3) is 0.455. The van der Waals surface area contributed by atoms with Crippen molar-refractivity contribution >= 4 is 11.4 Å². The smallest absolute Gasteiger partial charge is 0.0786 e. The van der Waals surface area contributed by atoms with Gasteiger partial charge in [0.25, 0.3) is 0 Å². The topological polar surface area (TPSA) is 92.5 Å². The first-order valence-corrected chi connectivity index (χ1v) is 4.90. The molecule has 6 N–H and O–H groups in total. The molecule has 0 radical (unpaired) electrons. The molecular formula is C11H18N2O2. The molecule has 84 valence electrons. The maximum Gasteiger partial charge on any atom is 0.0786 e. The molecule has 0 amide bonds. The van der Waals surface area contributed by atoms with Gasteiger partial charge >= 0.3 is 0 Å². The first-order valence-electron chi connectivity index (χ1n) is 4.90. The van der Waals surface area contributed by atoms with Gasteiger partial charge in [0.2, 0.25) is 0 Å². The maximum atomic E-state index is 9.60. The lowest BCUT2D eigenvalue weighted by atomic mass is 9.94. The first kappa shape index (κ1) is 11.8. The SMILES string of the molecule is Cc1cc(C(C)O)c(C(C)O)c(N)c1N. The number of aryl methyl sites for hydroxylation is 1. The lowest BCUT2D eigenvalue weighted by molar-refractivity contribution is 0.176. The highest BCUT2D eigenvalue weighted by molar-refractivity contribution is 5.73. The number of rotatable bonds is 2. The molecule has 1 aromatic carbocycles. The predicted octanol–water partition coefficient (Wildman–Crippen LogP) is 1.27. The molecule has 0 aliphatic carbocycles. The van der Waals surface area contributed by atoms with E-state index in [4.69, 9.17) is 11.5 Å². The predicted molar refractivity (Wildman–Crippen MR) is 61.3 cm³/mol. The number of hydrogen-bond acceptors (Lipinski definition) is 4. The quantitative estimate of drug-likeness (QED) is 0.553. The van der Waals surface area contributed by atoms with Crippen molar-refractivity contribution in [2.24, 2.45) is 0 Å². The highest BCUT2D eigenvalue weighted by Gasteiger charge is 2.18. The number of aliphatic hydroxyl groups excluding tert-OH is 2. The van der Waals surface area contributed by atoms with Gasteiger partial charge in [0.05, 0.1) is 23.6 Å². The Morgan fingerprint density at radius 1 is 1.07 bits per heavy atom. The van der Waals surface area contributed by atoms with Crippen molar-refractivity contribution in [1.29, 1.82) is 0 Å². The van der Waals surface area contributed by atoms with Crippen LogP contribution >= 0.6 is 0 Å². The molecule has 4 heteroatoms. The third-order valence-electron chi connectivity index (χ3n) is 2.56. The average Bonchev–Trinajstić information content (AvgIpc) is 2.12. The Morgan fingerprint density at radius 3 is 2.00 bits per heavy atom. The molecule has 2 unspecified atom stereocenters. The third-order valence-corrected chi connectivity index (χ3v) is 2.56. The molecule has 0 saturated heterocycles. The fourth-order valence-electron chi connectivity index (χ4n) is 1.71. The van der Waals surface area contributed by atoms with Crippen LogP contribution in [0.3, 0.4) is 0 Å². The molecule has 15 heavy (non-hydrogen) atoms. The van der Waals surface area contributed by atoms with E-state index in [9.17, 15) is 10.2 Å². The summed E-state index contributed by atoms with van der Waals surface area (Å²) >= 11 is 0. The van der Waals surface area contributed by atoms with E-state index in [0.29, 0.717) is 22.5 Å². The highest BCUT2D eigenvalue weighted by atomic mass is 16.3. The zero-order valence-electron chi connectivity index (χ0n) is 9.28. The van der Waals surface area contributed by atoms with Gasteiger partial charge in [0.15, 0.2) is 0 Å². The normalized spacial score (nSPS) is 15.0. The zero-order chi connectivity index (χ0) is 11.7. The largest absolute Gasteiger partial charge is 0.397 e. The molecule has 1 aromatic rings. The number of benzene rings is 1. The number of nitrogens with two attached hydrogens (primary N) is 2. The average molecular weight is 210 g/mol. The summed E-state index contributed by atoms with van der Waals surface area (Å²) in [6, 6.07) is 1.76. The molecule has 0 spiro atoms. The van der Waals surface area contributed by atoms with Crippen LogP contribution in [0.2, 0.25) is 0 Å². The van der Waals surface area contributed by atoms with Crippen LogP contribution < -0.4 is 11.5 Å². The minimum atomic E-state index is -0.738. The number of nitrogen functional groups attached to an aromatic ring is 2. The summed E-state index contributed by atoms with van der Waals surface area (Å²) < 4.78 is 0. The molecule has 1 rings (SSSR count). The van der Waals surface area contributed by atoms with Gasteiger partial charge in [0.1, 0.15) is 0 Å². The van der Waals surface area contributed by atoms with Crippen molar-refractivity contribution in [3.05, 3.63) is 22.8 Å². The van der Waals surface area contributed by atoms with Crippen molar-refractivity contribution in [3.8, 4) is 0 Å². The van der Waals surface area contributed by atoms with Crippen LogP contribution in [0.5, 0.6) is 0 Å². The minimum absolute atomic E-state index is 0.362. The van der Waals surface area contributed by atoms with Crippen molar-refractivity contribution < 1.29 is 10.2 Å². The van der Waals surface area contributed by atoms with Crippen LogP contribution in [0.15, 0.2) is 6.07 Å². The Bertz CT molecular complexity index is 373. The van der Waals surface area contributed by atoms with E-state index >= 15 is 0 Å². The van der Waals surface area contributed by atoms with Crippen molar-refractivity contribution in [1.82, 2.24) is 0 Å². The van der Waals surface area contributed by atoms with Gasteiger partial charge in [-0.3, -0.25) is 0 Å². The van der Waals surface area contributed by atoms with E-state index in [1.54, 1.807) is 19.9 Å². The molecule has 0 heterocycles. The van der Waals surface area contributed by atoms with Crippen LogP contribution in [-0.4, -0.2) is 10.2 Å². The second-order valence-electron chi connectivity index (χ2n) is 3.88. The standard InChI is InChI=1S/C11H18N2O2/c1-5-4-8(6(2)14)9(7(3)15)11(13)10(5)12/h4,6-7,14-15H,12-13H2,1-3H3. The maximum absolute atomic E-state index is 9.60. The molecule has 0 bridgehead atoms. The van der Waals surface area contributed by atoms with Gasteiger partial charge in [-0.25, -0.2) is 0 Å². The number of hydrogen-bond donors (Lipinski definition) is 4. The molecule has 0 aliphatic heterocycles. The molecule has 0 aromatic heterocycles. The van der Waals surface area contributed by atoms with Gasteiger partial charge in [-0.1, -0.05) is 6.07 Å². The van der Waals surface area contributed by atoms with Gasteiger partial charge in [-0.2, -0.15) is 0 Å². The van der Waals surface area contributed by atoms with Crippen LogP contribution in [0.4, 0.5) is 11.4 Å². The van der Waals surface area contributed by atoms with E-state index in [-0.39, 0.29) is 0 Å². The summed E-state index contributed by atoms with van der Waals surface area (Å²) in [5.74, 6) is 0. The second-order valence-corrected chi connectivity index (χ2v) is 3.88. The van der Waals surface area contributed by atoms with Crippen LogP contribution in [0, 0.1) is 6.92 Å². The number of aliphatic hydroxyl groups is 2. The molecule has 2 atom stereocenters. The van der Waals surface area contributed by atoms with E-state index in [1.165, 1.54) is 0 Å². The summed E-state index contributed by atoms with van der Waals surface area (Å²) in [7, 11) is 0. The summed E-state index contributed by atoms with van der Waals surface area (Å²) in [6.45, 7) is 5.06. The molecule has 0 aliphatic rings. The molecule has 4 nitrogen and oxygen atoms in total.